The van der Waals surface area contributed by atoms with Crippen LogP contribution in [0.15, 0.2) is 0 Å². The van der Waals surface area contributed by atoms with Gasteiger partial charge in [-0.3, -0.25) is 4.79 Å². The predicted molar refractivity (Wildman–Crippen MR) is 67.7 cm³/mol. The van der Waals surface area contributed by atoms with Crippen LogP contribution in [0.5, 0.6) is 0 Å². The molecule has 0 aromatic heterocycles. The van der Waals surface area contributed by atoms with Gasteiger partial charge in [0.1, 0.15) is 6.04 Å². The lowest BCUT2D eigenvalue weighted by atomic mass is 10.2. The van der Waals surface area contributed by atoms with Gasteiger partial charge in [-0.2, -0.15) is 17.0 Å². The van der Waals surface area contributed by atoms with Crippen LogP contribution in [0.1, 0.15) is 19.8 Å². The van der Waals surface area contributed by atoms with Crippen molar-refractivity contribution in [3.05, 3.63) is 0 Å². The molecule has 2 heterocycles. The van der Waals surface area contributed by atoms with Gasteiger partial charge >= 0.3 is 5.97 Å². The van der Waals surface area contributed by atoms with Crippen LogP contribution in [0.25, 0.3) is 0 Å². The SMILES string of the molecule is CCOC(=O)C1CCCN1S(=O)(=O)N1CCOCC1. The molecule has 0 spiro atoms. The highest BCUT2D eigenvalue weighted by Crippen LogP contribution is 2.24. The molecule has 110 valence electrons. The zero-order valence-electron chi connectivity index (χ0n) is 11.1. The van der Waals surface area contributed by atoms with Crippen LogP contribution in [-0.2, 0) is 24.5 Å². The molecule has 19 heavy (non-hydrogen) atoms. The van der Waals surface area contributed by atoms with Crippen LogP contribution >= 0.6 is 0 Å². The number of hydrogen-bond acceptors (Lipinski definition) is 5. The van der Waals surface area contributed by atoms with E-state index in [1.165, 1.54) is 8.61 Å². The number of ether oxygens (including phenoxy) is 2. The van der Waals surface area contributed by atoms with Gasteiger partial charge in [0.2, 0.25) is 0 Å². The van der Waals surface area contributed by atoms with Gasteiger partial charge in [0.05, 0.1) is 19.8 Å². The minimum Gasteiger partial charge on any atom is -0.465 e. The van der Waals surface area contributed by atoms with Crippen LogP contribution in [0.4, 0.5) is 0 Å². The monoisotopic (exact) mass is 292 g/mol. The average Bonchev–Trinajstić information content (AvgIpc) is 2.90. The molecule has 0 radical (unpaired) electrons. The Hall–Kier alpha value is -0.700. The maximum Gasteiger partial charge on any atom is 0.324 e. The van der Waals surface area contributed by atoms with Crippen molar-refractivity contribution in [1.29, 1.82) is 0 Å². The summed E-state index contributed by atoms with van der Waals surface area (Å²) >= 11 is 0. The fraction of sp³-hybridized carbons (Fsp3) is 0.909. The molecule has 2 fully saturated rings. The molecular weight excluding hydrogens is 272 g/mol. The second-order valence-corrected chi connectivity index (χ2v) is 6.42. The van der Waals surface area contributed by atoms with Crippen molar-refractivity contribution in [3.63, 3.8) is 0 Å². The molecule has 2 saturated heterocycles. The van der Waals surface area contributed by atoms with Crippen LogP contribution in [0.2, 0.25) is 0 Å². The number of rotatable bonds is 4. The van der Waals surface area contributed by atoms with E-state index < -0.39 is 22.2 Å². The summed E-state index contributed by atoms with van der Waals surface area (Å²) in [7, 11) is -3.59. The molecule has 0 bridgehead atoms. The summed E-state index contributed by atoms with van der Waals surface area (Å²) in [6.07, 6.45) is 1.22. The van der Waals surface area contributed by atoms with E-state index in [2.05, 4.69) is 0 Å². The summed E-state index contributed by atoms with van der Waals surface area (Å²) in [6, 6.07) is -0.673. The van der Waals surface area contributed by atoms with Crippen molar-refractivity contribution in [2.45, 2.75) is 25.8 Å². The largest absolute Gasteiger partial charge is 0.465 e. The van der Waals surface area contributed by atoms with Gasteiger partial charge in [0.25, 0.3) is 10.2 Å². The molecule has 7 nitrogen and oxygen atoms in total. The maximum atomic E-state index is 12.5. The molecule has 0 aliphatic carbocycles. The Bertz CT molecular complexity index is 419. The van der Waals surface area contributed by atoms with Gasteiger partial charge in [-0.15, -0.1) is 0 Å². The van der Waals surface area contributed by atoms with E-state index in [0.29, 0.717) is 45.7 Å². The molecule has 0 amide bonds. The molecule has 0 saturated carbocycles. The Balaban J connectivity index is 2.11. The zero-order chi connectivity index (χ0) is 13.9. The van der Waals surface area contributed by atoms with Crippen molar-refractivity contribution in [1.82, 2.24) is 8.61 Å². The number of hydrogen-bond donors (Lipinski definition) is 0. The Morgan fingerprint density at radius 1 is 1.32 bits per heavy atom. The average molecular weight is 292 g/mol. The van der Waals surface area contributed by atoms with Crippen molar-refractivity contribution < 1.29 is 22.7 Å². The predicted octanol–water partition coefficient (Wildman–Crippen LogP) is -0.409. The van der Waals surface area contributed by atoms with Gasteiger partial charge in [-0.25, -0.2) is 0 Å². The fourth-order valence-corrected chi connectivity index (χ4v) is 4.20. The Kier molecular flexibility index (Phi) is 4.77. The summed E-state index contributed by atoms with van der Waals surface area (Å²) in [5.74, 6) is -0.447. The Morgan fingerprint density at radius 3 is 2.63 bits per heavy atom. The number of nitrogens with zero attached hydrogens (tertiary/aromatic N) is 2. The Labute approximate surface area is 113 Å². The minimum atomic E-state index is -3.59. The molecule has 2 aliphatic rings. The van der Waals surface area contributed by atoms with Crippen molar-refractivity contribution >= 4 is 16.2 Å². The quantitative estimate of drug-likeness (QED) is 0.659. The zero-order valence-corrected chi connectivity index (χ0v) is 11.9. The van der Waals surface area contributed by atoms with Gasteiger partial charge in [0, 0.05) is 19.6 Å². The molecule has 2 rings (SSSR count). The number of carbonyl (C=O) groups excluding carboxylic acids is 1. The van der Waals surface area contributed by atoms with Gasteiger partial charge in [-0.05, 0) is 19.8 Å². The second-order valence-electron chi connectivity index (χ2n) is 4.54. The first-order valence-corrected chi connectivity index (χ1v) is 7.98. The first kappa shape index (κ1) is 14.7. The second kappa shape index (κ2) is 6.17. The van der Waals surface area contributed by atoms with E-state index in [1.54, 1.807) is 6.92 Å². The Morgan fingerprint density at radius 2 is 2.00 bits per heavy atom. The highest BCUT2D eigenvalue weighted by atomic mass is 32.2. The van der Waals surface area contributed by atoms with E-state index in [-0.39, 0.29) is 6.61 Å². The number of morpholine rings is 1. The first-order valence-electron chi connectivity index (χ1n) is 6.58. The lowest BCUT2D eigenvalue weighted by Crippen LogP contribution is -2.51. The summed E-state index contributed by atoms with van der Waals surface area (Å²) < 4.78 is 37.8. The van der Waals surface area contributed by atoms with Crippen molar-refractivity contribution in [3.8, 4) is 0 Å². The van der Waals surface area contributed by atoms with Gasteiger partial charge in [0.15, 0.2) is 0 Å². The van der Waals surface area contributed by atoms with E-state index in [1.807, 2.05) is 0 Å². The molecule has 0 N–H and O–H groups in total. The van der Waals surface area contributed by atoms with Crippen LogP contribution in [0, 0.1) is 0 Å². The highest BCUT2D eigenvalue weighted by molar-refractivity contribution is 7.86. The third-order valence-corrected chi connectivity index (χ3v) is 5.40. The molecular formula is C11H20N2O5S. The maximum absolute atomic E-state index is 12.5. The number of esters is 1. The molecule has 2 aliphatic heterocycles. The van der Waals surface area contributed by atoms with Gasteiger partial charge < -0.3 is 9.47 Å². The molecule has 0 aromatic rings. The van der Waals surface area contributed by atoms with E-state index in [0.717, 1.165) is 0 Å². The topological polar surface area (TPSA) is 76.2 Å². The first-order chi connectivity index (χ1) is 9.07. The fourth-order valence-electron chi connectivity index (χ4n) is 2.42. The van der Waals surface area contributed by atoms with Crippen molar-refractivity contribution in [2.24, 2.45) is 0 Å². The molecule has 0 aromatic carbocycles. The smallest absolute Gasteiger partial charge is 0.324 e. The van der Waals surface area contributed by atoms with Gasteiger partial charge in [-0.1, -0.05) is 0 Å². The number of carbonyl (C=O) groups is 1. The molecule has 1 unspecified atom stereocenters. The highest BCUT2D eigenvalue weighted by Gasteiger charge is 2.42. The van der Waals surface area contributed by atoms with E-state index in [9.17, 15) is 13.2 Å². The minimum absolute atomic E-state index is 0.265. The van der Waals surface area contributed by atoms with Crippen LogP contribution in [0.3, 0.4) is 0 Å². The molecule has 8 heteroatoms. The summed E-state index contributed by atoms with van der Waals surface area (Å²) in [5, 5.41) is 0. The lowest BCUT2D eigenvalue weighted by molar-refractivity contribution is -0.146. The third-order valence-electron chi connectivity index (χ3n) is 3.36. The van der Waals surface area contributed by atoms with E-state index in [4.69, 9.17) is 9.47 Å². The molecule has 1 atom stereocenters. The summed E-state index contributed by atoms with van der Waals surface area (Å²) in [4.78, 5) is 11.8. The van der Waals surface area contributed by atoms with E-state index >= 15 is 0 Å². The summed E-state index contributed by atoms with van der Waals surface area (Å²) in [5.41, 5.74) is 0. The lowest BCUT2D eigenvalue weighted by Gasteiger charge is -2.32. The third kappa shape index (κ3) is 3.07. The van der Waals surface area contributed by atoms with Crippen molar-refractivity contribution in [2.75, 3.05) is 39.5 Å². The van der Waals surface area contributed by atoms with Crippen LogP contribution in [-0.4, -0.2) is 68.5 Å². The van der Waals surface area contributed by atoms with Crippen LogP contribution < -0.4 is 0 Å². The standard InChI is InChI=1S/C11H20N2O5S/c1-2-18-11(14)10-4-3-5-13(10)19(15,16)12-6-8-17-9-7-12/h10H,2-9H2,1H3. The summed E-state index contributed by atoms with van der Waals surface area (Å²) in [6.45, 7) is 3.84. The normalized spacial score (nSPS) is 26.5.